The van der Waals surface area contributed by atoms with Crippen molar-refractivity contribution in [3.8, 4) is 5.88 Å². The van der Waals surface area contributed by atoms with Crippen molar-refractivity contribution in [2.45, 2.75) is 6.92 Å². The Hall–Kier alpha value is -4.52. The fourth-order valence-electron chi connectivity index (χ4n) is 3.18. The van der Waals surface area contributed by atoms with Crippen LogP contribution < -0.4 is 5.32 Å². The maximum absolute atomic E-state index is 12.9. The summed E-state index contributed by atoms with van der Waals surface area (Å²) < 4.78 is 0. The number of carbonyl (C=O) groups is 2. The smallest absolute Gasteiger partial charge is 0.311 e. The molecule has 0 unspecified atom stereocenters. The van der Waals surface area contributed by atoms with Gasteiger partial charge in [-0.05, 0) is 42.8 Å². The van der Waals surface area contributed by atoms with Gasteiger partial charge in [-0.15, -0.1) is 10.2 Å². The number of amides is 2. The molecule has 0 radical (unpaired) electrons. The molecular weight excluding hydrogens is 404 g/mol. The molecule has 0 bridgehead atoms. The maximum atomic E-state index is 12.9. The van der Waals surface area contributed by atoms with Gasteiger partial charge in [-0.2, -0.15) is 0 Å². The van der Waals surface area contributed by atoms with Crippen molar-refractivity contribution in [3.63, 3.8) is 0 Å². The lowest BCUT2D eigenvalue weighted by atomic mass is 10.1. The number of fused-ring (bicyclic) bond motifs is 1. The number of H-pyrrole nitrogens is 1. The van der Waals surface area contributed by atoms with E-state index in [-0.39, 0.29) is 17.3 Å². The fourth-order valence-corrected chi connectivity index (χ4v) is 3.18. The molecule has 158 valence electrons. The second-order valence-corrected chi connectivity index (χ2v) is 7.17. The zero-order valence-corrected chi connectivity index (χ0v) is 17.2. The minimum atomic E-state index is -0.750. The number of hydrogen-bond acceptors (Lipinski definition) is 4. The highest BCUT2D eigenvalue weighted by molar-refractivity contribution is 6.05. The predicted octanol–water partition coefficient (Wildman–Crippen LogP) is 5.26. The Morgan fingerprint density at radius 3 is 2.38 bits per heavy atom. The van der Waals surface area contributed by atoms with Crippen molar-refractivity contribution in [1.29, 1.82) is 0 Å². The average molecular weight is 424 g/mol. The van der Waals surface area contributed by atoms with Crippen molar-refractivity contribution < 1.29 is 14.7 Å². The first kappa shape index (κ1) is 20.7. The summed E-state index contributed by atoms with van der Waals surface area (Å²) in [5.74, 6) is -1.38. The van der Waals surface area contributed by atoms with Gasteiger partial charge >= 0.3 is 5.91 Å². The third-order valence-electron chi connectivity index (χ3n) is 4.77. The van der Waals surface area contributed by atoms with Crippen molar-refractivity contribution >= 4 is 34.5 Å². The van der Waals surface area contributed by atoms with Crippen LogP contribution in [0, 0.1) is 6.92 Å². The maximum Gasteiger partial charge on any atom is 0.311 e. The van der Waals surface area contributed by atoms with Crippen LogP contribution in [0.1, 0.15) is 21.5 Å². The topological polar surface area (TPSA) is 107 Å². The number of aromatic hydroxyl groups is 1. The van der Waals surface area contributed by atoms with Crippen LogP contribution in [-0.4, -0.2) is 21.9 Å². The van der Waals surface area contributed by atoms with Crippen molar-refractivity contribution in [3.05, 3.63) is 101 Å². The van der Waals surface area contributed by atoms with E-state index < -0.39 is 11.8 Å². The number of rotatable bonds is 5. The molecule has 3 aromatic carbocycles. The molecule has 0 saturated carbocycles. The van der Waals surface area contributed by atoms with E-state index in [0.717, 1.165) is 5.56 Å². The molecule has 4 aromatic rings. The van der Waals surface area contributed by atoms with Gasteiger partial charge in [0.25, 0.3) is 5.91 Å². The molecule has 0 aliphatic rings. The second kappa shape index (κ2) is 9.09. The summed E-state index contributed by atoms with van der Waals surface area (Å²) in [6, 6.07) is 23.2. The predicted molar refractivity (Wildman–Crippen MR) is 123 cm³/mol. The molecule has 2 amide bonds. The fraction of sp³-hybridized carbons (Fsp3) is 0.0400. The highest BCUT2D eigenvalue weighted by Crippen LogP contribution is 2.36. The number of aromatic amines is 1. The van der Waals surface area contributed by atoms with Crippen molar-refractivity contribution in [2.75, 3.05) is 0 Å². The molecule has 1 heterocycles. The molecule has 0 aliphatic heterocycles. The van der Waals surface area contributed by atoms with E-state index in [0.29, 0.717) is 22.0 Å². The van der Waals surface area contributed by atoms with E-state index in [9.17, 15) is 14.7 Å². The Kier molecular flexibility index (Phi) is 5.89. The van der Waals surface area contributed by atoms with Gasteiger partial charge in [0, 0.05) is 10.9 Å². The van der Waals surface area contributed by atoms with Gasteiger partial charge < -0.3 is 15.4 Å². The highest BCUT2D eigenvalue weighted by atomic mass is 16.3. The van der Waals surface area contributed by atoms with Crippen LogP contribution in [0.2, 0.25) is 0 Å². The quantitative estimate of drug-likeness (QED) is 0.300. The molecule has 4 rings (SSSR count). The summed E-state index contributed by atoms with van der Waals surface area (Å²) in [5.41, 5.74) is 2.88. The second-order valence-electron chi connectivity index (χ2n) is 7.17. The molecule has 32 heavy (non-hydrogen) atoms. The van der Waals surface area contributed by atoms with E-state index in [1.54, 1.807) is 42.5 Å². The molecule has 3 N–H and O–H groups in total. The third kappa shape index (κ3) is 4.62. The Morgan fingerprint density at radius 2 is 1.66 bits per heavy atom. The molecule has 0 atom stereocenters. The van der Waals surface area contributed by atoms with Gasteiger partial charge in [-0.25, -0.2) is 0 Å². The van der Waals surface area contributed by atoms with E-state index >= 15 is 0 Å². The lowest BCUT2D eigenvalue weighted by molar-refractivity contribution is -0.115. The molecule has 0 fully saturated rings. The molecule has 0 spiro atoms. The normalized spacial score (nSPS) is 11.7. The first-order valence-electron chi connectivity index (χ1n) is 9.92. The van der Waals surface area contributed by atoms with Gasteiger partial charge in [-0.3, -0.25) is 9.59 Å². The zero-order valence-electron chi connectivity index (χ0n) is 17.2. The SMILES string of the molecule is Cc1ccc2[nH]c(O)c(N=NC(=O)C(=Cc3ccccc3)NC(=O)c3ccccc3)c2c1. The molecule has 0 aliphatic carbocycles. The van der Waals surface area contributed by atoms with Crippen molar-refractivity contribution in [2.24, 2.45) is 10.2 Å². The summed E-state index contributed by atoms with van der Waals surface area (Å²) in [5, 5.41) is 21.2. The number of nitrogens with zero attached hydrogens (tertiary/aromatic N) is 2. The largest absolute Gasteiger partial charge is 0.493 e. The minimum absolute atomic E-state index is 0.0377. The van der Waals surface area contributed by atoms with Crippen LogP contribution in [0.3, 0.4) is 0 Å². The molecule has 7 nitrogen and oxygen atoms in total. The van der Waals surface area contributed by atoms with Crippen LogP contribution in [0.15, 0.2) is 94.8 Å². The standard InChI is InChI=1S/C25H20N4O3/c1-16-12-13-20-19(14-16)22(25(32)26-20)28-29-24(31)21(15-17-8-4-2-5-9-17)27-23(30)18-10-6-3-7-11-18/h2-15,26,32H,1H3,(H,27,30). The van der Waals surface area contributed by atoms with E-state index in [4.69, 9.17) is 0 Å². The van der Waals surface area contributed by atoms with E-state index in [1.165, 1.54) is 6.08 Å². The Balaban J connectivity index is 1.66. The third-order valence-corrected chi connectivity index (χ3v) is 4.77. The Morgan fingerprint density at radius 1 is 0.969 bits per heavy atom. The molecule has 1 aromatic heterocycles. The summed E-state index contributed by atoms with van der Waals surface area (Å²) in [7, 11) is 0. The minimum Gasteiger partial charge on any atom is -0.493 e. The zero-order chi connectivity index (χ0) is 22.5. The first-order chi connectivity index (χ1) is 15.5. The van der Waals surface area contributed by atoms with Gasteiger partial charge in [0.05, 0.1) is 5.52 Å². The lowest BCUT2D eigenvalue weighted by Crippen LogP contribution is -2.26. The lowest BCUT2D eigenvalue weighted by Gasteiger charge is -2.07. The number of carbonyl (C=O) groups excluding carboxylic acids is 2. The van der Waals surface area contributed by atoms with Gasteiger partial charge in [0.1, 0.15) is 5.70 Å². The number of azo groups is 1. The number of benzene rings is 3. The average Bonchev–Trinajstić information content (AvgIpc) is 3.12. The Bertz CT molecular complexity index is 1340. The number of aryl methyl sites for hydroxylation is 1. The van der Waals surface area contributed by atoms with E-state index in [1.807, 2.05) is 43.3 Å². The van der Waals surface area contributed by atoms with Gasteiger partial charge in [0.2, 0.25) is 5.88 Å². The molecule has 0 saturated heterocycles. The van der Waals surface area contributed by atoms with Crippen LogP contribution in [0.25, 0.3) is 17.0 Å². The Labute approximate surface area is 184 Å². The number of hydrogen-bond donors (Lipinski definition) is 3. The van der Waals surface area contributed by atoms with Crippen LogP contribution in [-0.2, 0) is 4.79 Å². The van der Waals surface area contributed by atoms with E-state index in [2.05, 4.69) is 20.5 Å². The highest BCUT2D eigenvalue weighted by Gasteiger charge is 2.16. The summed E-state index contributed by atoms with van der Waals surface area (Å²) in [6.45, 7) is 1.91. The summed E-state index contributed by atoms with van der Waals surface area (Å²) >= 11 is 0. The van der Waals surface area contributed by atoms with Gasteiger partial charge in [-0.1, -0.05) is 60.2 Å². The van der Waals surface area contributed by atoms with Gasteiger partial charge in [0.15, 0.2) is 5.69 Å². The van der Waals surface area contributed by atoms with Crippen LogP contribution in [0.4, 0.5) is 5.69 Å². The monoisotopic (exact) mass is 424 g/mol. The number of aromatic nitrogens is 1. The van der Waals surface area contributed by atoms with Crippen LogP contribution >= 0.6 is 0 Å². The molecular formula is C25H20N4O3. The summed E-state index contributed by atoms with van der Waals surface area (Å²) in [4.78, 5) is 28.3. The number of nitrogens with one attached hydrogen (secondary N) is 2. The first-order valence-corrected chi connectivity index (χ1v) is 9.92. The molecule has 7 heteroatoms. The van der Waals surface area contributed by atoms with Crippen LogP contribution in [0.5, 0.6) is 5.88 Å². The summed E-state index contributed by atoms with van der Waals surface area (Å²) in [6.07, 6.45) is 1.53. The van der Waals surface area contributed by atoms with Crippen molar-refractivity contribution in [1.82, 2.24) is 10.3 Å².